The predicted octanol–water partition coefficient (Wildman–Crippen LogP) is 2.65. The summed E-state index contributed by atoms with van der Waals surface area (Å²) in [5, 5.41) is 10.2. The monoisotopic (exact) mass is 196 g/mol. The van der Waals surface area contributed by atoms with Crippen molar-refractivity contribution in [2.75, 3.05) is 0 Å². The van der Waals surface area contributed by atoms with Crippen LogP contribution in [0.25, 0.3) is 0 Å². The maximum Gasteiger partial charge on any atom is 0.0571 e. The average Bonchev–Trinajstić information content (AvgIpc) is 2.14. The highest BCUT2D eigenvalue weighted by Crippen LogP contribution is 2.32. The summed E-state index contributed by atoms with van der Waals surface area (Å²) in [7, 11) is 0. The van der Waals surface area contributed by atoms with Crippen LogP contribution in [-0.4, -0.2) is 11.2 Å². The van der Waals surface area contributed by atoms with Gasteiger partial charge in [0, 0.05) is 5.02 Å². The Labute approximate surface area is 83.3 Å². The van der Waals surface area contributed by atoms with Gasteiger partial charge < -0.3 is 5.11 Å². The topological polar surface area (TPSA) is 20.2 Å². The molecule has 0 amide bonds. The number of benzene rings is 1. The molecule has 1 N–H and O–H groups in total. The summed E-state index contributed by atoms with van der Waals surface area (Å²) in [6, 6.07) is 7.87. The minimum absolute atomic E-state index is 0.101. The molecule has 70 valence electrons. The highest BCUT2D eigenvalue weighted by molar-refractivity contribution is 6.31. The zero-order valence-electron chi connectivity index (χ0n) is 7.41. The first-order valence-electron chi connectivity index (χ1n) is 4.69. The molecule has 1 aliphatic carbocycles. The van der Waals surface area contributed by atoms with Crippen LogP contribution in [0.4, 0.5) is 0 Å². The standard InChI is InChI=1S/C11H13ClO/c12-10-4-2-1-3-8(10)7-9-5-6-11(9)13/h1-4,9,11,13H,5-7H2. The van der Waals surface area contributed by atoms with E-state index >= 15 is 0 Å². The molecule has 0 spiro atoms. The van der Waals surface area contributed by atoms with Gasteiger partial charge in [0.25, 0.3) is 0 Å². The third kappa shape index (κ3) is 1.87. The van der Waals surface area contributed by atoms with E-state index in [-0.39, 0.29) is 6.10 Å². The Morgan fingerprint density at radius 1 is 1.31 bits per heavy atom. The maximum absolute atomic E-state index is 9.42. The molecule has 2 unspecified atom stereocenters. The summed E-state index contributed by atoms with van der Waals surface area (Å²) in [5.41, 5.74) is 1.16. The first-order chi connectivity index (χ1) is 6.27. The Morgan fingerprint density at radius 3 is 2.62 bits per heavy atom. The Balaban J connectivity index is 2.05. The molecule has 1 nitrogen and oxygen atoms in total. The van der Waals surface area contributed by atoms with Gasteiger partial charge in [-0.25, -0.2) is 0 Å². The number of aliphatic hydroxyl groups is 1. The van der Waals surface area contributed by atoms with Crippen LogP contribution in [0.15, 0.2) is 24.3 Å². The fourth-order valence-corrected chi connectivity index (χ4v) is 1.95. The summed E-state index contributed by atoms with van der Waals surface area (Å²) >= 11 is 6.02. The van der Waals surface area contributed by atoms with E-state index in [1.807, 2.05) is 24.3 Å². The Bertz CT molecular complexity index is 298. The van der Waals surface area contributed by atoms with Gasteiger partial charge in [-0.1, -0.05) is 29.8 Å². The molecule has 2 heteroatoms. The second kappa shape index (κ2) is 3.69. The van der Waals surface area contributed by atoms with E-state index < -0.39 is 0 Å². The predicted molar refractivity (Wildman–Crippen MR) is 53.9 cm³/mol. The SMILES string of the molecule is OC1CCC1Cc1ccccc1Cl. The van der Waals surface area contributed by atoms with Crippen LogP contribution in [0.2, 0.25) is 5.02 Å². The number of rotatable bonds is 2. The van der Waals surface area contributed by atoms with Gasteiger partial charge in [-0.2, -0.15) is 0 Å². The highest BCUT2D eigenvalue weighted by atomic mass is 35.5. The van der Waals surface area contributed by atoms with Crippen LogP contribution in [0.1, 0.15) is 18.4 Å². The van der Waals surface area contributed by atoms with E-state index in [0.717, 1.165) is 29.8 Å². The molecule has 13 heavy (non-hydrogen) atoms. The summed E-state index contributed by atoms with van der Waals surface area (Å²) < 4.78 is 0. The Kier molecular flexibility index (Phi) is 2.56. The first kappa shape index (κ1) is 9.04. The van der Waals surface area contributed by atoms with Gasteiger partial charge in [0.1, 0.15) is 0 Å². The molecular weight excluding hydrogens is 184 g/mol. The van der Waals surface area contributed by atoms with Crippen molar-refractivity contribution >= 4 is 11.6 Å². The maximum atomic E-state index is 9.42. The first-order valence-corrected chi connectivity index (χ1v) is 5.06. The van der Waals surface area contributed by atoms with Crippen molar-refractivity contribution in [3.05, 3.63) is 34.9 Å². The average molecular weight is 197 g/mol. The van der Waals surface area contributed by atoms with Gasteiger partial charge in [0.05, 0.1) is 6.10 Å². The molecule has 0 aliphatic heterocycles. The lowest BCUT2D eigenvalue weighted by Crippen LogP contribution is -2.32. The van der Waals surface area contributed by atoms with Gasteiger partial charge in [-0.15, -0.1) is 0 Å². The molecule has 1 aliphatic rings. The molecule has 0 heterocycles. The van der Waals surface area contributed by atoms with Crippen molar-refractivity contribution in [1.82, 2.24) is 0 Å². The second-order valence-corrected chi connectivity index (χ2v) is 4.11. The number of halogens is 1. The van der Waals surface area contributed by atoms with E-state index in [1.54, 1.807) is 0 Å². The fourth-order valence-electron chi connectivity index (χ4n) is 1.74. The zero-order valence-corrected chi connectivity index (χ0v) is 8.17. The van der Waals surface area contributed by atoms with Crippen molar-refractivity contribution in [3.63, 3.8) is 0 Å². The van der Waals surface area contributed by atoms with E-state index in [4.69, 9.17) is 11.6 Å². The summed E-state index contributed by atoms with van der Waals surface area (Å²) in [6.45, 7) is 0. The molecule has 2 atom stereocenters. The van der Waals surface area contributed by atoms with Crippen molar-refractivity contribution in [2.24, 2.45) is 5.92 Å². The molecule has 2 rings (SSSR count). The van der Waals surface area contributed by atoms with Crippen LogP contribution in [0, 0.1) is 5.92 Å². The summed E-state index contributed by atoms with van der Waals surface area (Å²) in [5.74, 6) is 0.430. The molecule has 1 aromatic rings. The molecule has 0 aromatic heterocycles. The summed E-state index contributed by atoms with van der Waals surface area (Å²) in [4.78, 5) is 0. The third-order valence-electron chi connectivity index (χ3n) is 2.82. The van der Waals surface area contributed by atoms with Crippen LogP contribution in [0.5, 0.6) is 0 Å². The zero-order chi connectivity index (χ0) is 9.26. The Hall–Kier alpha value is -0.530. The number of hydrogen-bond donors (Lipinski definition) is 1. The number of hydrogen-bond acceptors (Lipinski definition) is 1. The molecule has 1 saturated carbocycles. The van der Waals surface area contributed by atoms with Crippen LogP contribution in [0.3, 0.4) is 0 Å². The summed E-state index contributed by atoms with van der Waals surface area (Å²) in [6.07, 6.45) is 2.90. The van der Waals surface area contributed by atoms with Crippen molar-refractivity contribution in [2.45, 2.75) is 25.4 Å². The van der Waals surface area contributed by atoms with Gasteiger partial charge in [0.2, 0.25) is 0 Å². The smallest absolute Gasteiger partial charge is 0.0571 e. The van der Waals surface area contributed by atoms with Crippen LogP contribution < -0.4 is 0 Å². The molecule has 0 bridgehead atoms. The Morgan fingerprint density at radius 2 is 2.08 bits per heavy atom. The largest absolute Gasteiger partial charge is 0.393 e. The van der Waals surface area contributed by atoms with Crippen molar-refractivity contribution < 1.29 is 5.11 Å². The second-order valence-electron chi connectivity index (χ2n) is 3.70. The minimum atomic E-state index is -0.101. The van der Waals surface area contributed by atoms with Gasteiger partial charge in [-0.05, 0) is 36.8 Å². The van der Waals surface area contributed by atoms with Gasteiger partial charge in [0.15, 0.2) is 0 Å². The van der Waals surface area contributed by atoms with Crippen LogP contribution >= 0.6 is 11.6 Å². The van der Waals surface area contributed by atoms with E-state index in [1.165, 1.54) is 0 Å². The van der Waals surface area contributed by atoms with Crippen LogP contribution in [-0.2, 0) is 6.42 Å². The lowest BCUT2D eigenvalue weighted by Gasteiger charge is -2.32. The molecule has 0 radical (unpaired) electrons. The number of aliphatic hydroxyl groups excluding tert-OH is 1. The molecule has 1 fully saturated rings. The van der Waals surface area contributed by atoms with Crippen molar-refractivity contribution in [1.29, 1.82) is 0 Å². The normalized spacial score (nSPS) is 26.9. The minimum Gasteiger partial charge on any atom is -0.393 e. The lowest BCUT2D eigenvalue weighted by molar-refractivity contribution is 0.0244. The fraction of sp³-hybridized carbons (Fsp3) is 0.455. The van der Waals surface area contributed by atoms with E-state index in [9.17, 15) is 5.11 Å². The van der Waals surface area contributed by atoms with Crippen molar-refractivity contribution in [3.8, 4) is 0 Å². The molecular formula is C11H13ClO. The molecule has 1 aromatic carbocycles. The highest BCUT2D eigenvalue weighted by Gasteiger charge is 2.28. The quantitative estimate of drug-likeness (QED) is 0.771. The van der Waals surface area contributed by atoms with Gasteiger partial charge in [-0.3, -0.25) is 0 Å². The van der Waals surface area contributed by atoms with Gasteiger partial charge >= 0.3 is 0 Å². The third-order valence-corrected chi connectivity index (χ3v) is 3.19. The molecule has 0 saturated heterocycles. The lowest BCUT2D eigenvalue weighted by atomic mass is 9.78. The van der Waals surface area contributed by atoms with E-state index in [0.29, 0.717) is 5.92 Å². The van der Waals surface area contributed by atoms with E-state index in [2.05, 4.69) is 0 Å².